The van der Waals surface area contributed by atoms with Crippen molar-refractivity contribution in [3.63, 3.8) is 0 Å². The zero-order chi connectivity index (χ0) is 9.14. The second-order valence-corrected chi connectivity index (χ2v) is 5.23. The van der Waals surface area contributed by atoms with E-state index in [1.807, 2.05) is 0 Å². The molecule has 0 fully saturated rings. The Morgan fingerprint density at radius 3 is 3.00 bits per heavy atom. The highest BCUT2D eigenvalue weighted by Crippen LogP contribution is 2.24. The van der Waals surface area contributed by atoms with Gasteiger partial charge in [-0.15, -0.1) is 0 Å². The van der Waals surface area contributed by atoms with Crippen LogP contribution >= 0.6 is 35.3 Å². The van der Waals surface area contributed by atoms with Crippen LogP contribution in [0.4, 0.5) is 0 Å². The zero-order valence-electron chi connectivity index (χ0n) is 6.10. The van der Waals surface area contributed by atoms with E-state index in [4.69, 9.17) is 17.3 Å². The number of aromatic amines is 1. The lowest BCUT2D eigenvalue weighted by Gasteiger charge is -1.99. The van der Waals surface area contributed by atoms with E-state index < -0.39 is 11.2 Å². The van der Waals surface area contributed by atoms with Gasteiger partial charge < -0.3 is 5.11 Å². The number of carboxylic acid groups (broad SMARTS) is 1. The second-order valence-electron chi connectivity index (χ2n) is 1.98. The molecule has 0 aromatic carbocycles. The first kappa shape index (κ1) is 9.69. The molecule has 0 spiro atoms. The summed E-state index contributed by atoms with van der Waals surface area (Å²) in [6.07, 6.45) is 0. The van der Waals surface area contributed by atoms with Crippen molar-refractivity contribution in [1.29, 1.82) is 0 Å². The molecule has 0 aliphatic heterocycles. The molecule has 0 saturated carbocycles. The number of hydrogen-bond donors (Lipinski definition) is 2. The molecule has 1 aromatic rings. The fourth-order valence-electron chi connectivity index (χ4n) is 0.468. The van der Waals surface area contributed by atoms with Crippen molar-refractivity contribution in [2.75, 3.05) is 0 Å². The van der Waals surface area contributed by atoms with Gasteiger partial charge in [-0.2, -0.15) is 5.10 Å². The van der Waals surface area contributed by atoms with Crippen LogP contribution in [0.1, 0.15) is 6.92 Å². The first-order valence-electron chi connectivity index (χ1n) is 3.04. The largest absolute Gasteiger partial charge is 0.480 e. The summed E-state index contributed by atoms with van der Waals surface area (Å²) in [5, 5.41) is 14.5. The van der Waals surface area contributed by atoms with Crippen LogP contribution in [0.5, 0.6) is 0 Å². The first-order valence-corrected chi connectivity index (χ1v) is 5.15. The maximum Gasteiger partial charge on any atom is 0.316 e. The van der Waals surface area contributed by atoms with E-state index in [1.165, 1.54) is 23.1 Å². The van der Waals surface area contributed by atoms with E-state index in [0.717, 1.165) is 0 Å². The molecule has 0 bridgehead atoms. The summed E-state index contributed by atoms with van der Waals surface area (Å²) in [5.74, 6) is -0.846. The molecule has 0 saturated heterocycles. The van der Waals surface area contributed by atoms with Crippen LogP contribution in [0.15, 0.2) is 4.34 Å². The summed E-state index contributed by atoms with van der Waals surface area (Å²) < 4.78 is 1.23. The van der Waals surface area contributed by atoms with E-state index in [2.05, 4.69) is 10.2 Å². The summed E-state index contributed by atoms with van der Waals surface area (Å²) in [6, 6.07) is 0. The number of H-pyrrole nitrogens is 1. The predicted molar refractivity (Wildman–Crippen MR) is 50.3 cm³/mol. The third-order valence-corrected chi connectivity index (χ3v) is 3.31. The van der Waals surface area contributed by atoms with Gasteiger partial charge in [0.1, 0.15) is 5.25 Å². The van der Waals surface area contributed by atoms with Gasteiger partial charge in [0.2, 0.25) is 0 Å². The molecule has 1 aromatic heterocycles. The van der Waals surface area contributed by atoms with Crippen LogP contribution in [-0.2, 0) is 4.79 Å². The van der Waals surface area contributed by atoms with Crippen molar-refractivity contribution in [3.8, 4) is 0 Å². The minimum atomic E-state index is -0.846. The Hall–Kier alpha value is -0.400. The molecule has 0 unspecified atom stereocenters. The topological polar surface area (TPSA) is 66.0 Å². The Kier molecular flexibility index (Phi) is 3.24. The van der Waals surface area contributed by atoms with Crippen LogP contribution in [0, 0.1) is 3.95 Å². The number of nitrogens with zero attached hydrogens (tertiary/aromatic N) is 1. The van der Waals surface area contributed by atoms with E-state index in [-0.39, 0.29) is 0 Å². The van der Waals surface area contributed by atoms with E-state index in [0.29, 0.717) is 8.29 Å². The number of nitrogens with one attached hydrogen (secondary N) is 1. The highest BCUT2D eigenvalue weighted by Gasteiger charge is 2.13. The third-order valence-electron chi connectivity index (χ3n) is 1.04. The van der Waals surface area contributed by atoms with Crippen LogP contribution in [0.2, 0.25) is 0 Å². The fraction of sp³-hybridized carbons (Fsp3) is 0.400. The third kappa shape index (κ3) is 2.58. The van der Waals surface area contributed by atoms with Gasteiger partial charge in [0.15, 0.2) is 8.29 Å². The number of aromatic nitrogens is 2. The van der Waals surface area contributed by atoms with Crippen molar-refractivity contribution < 1.29 is 9.90 Å². The van der Waals surface area contributed by atoms with Crippen LogP contribution in [0.3, 0.4) is 0 Å². The number of carbonyl (C=O) groups is 1. The minimum absolute atomic E-state index is 0.487. The van der Waals surface area contributed by atoms with E-state index >= 15 is 0 Å². The van der Waals surface area contributed by atoms with Crippen molar-refractivity contribution in [3.05, 3.63) is 3.95 Å². The normalized spacial score (nSPS) is 12.8. The molecule has 1 rings (SSSR count). The number of rotatable bonds is 3. The molecule has 7 heteroatoms. The van der Waals surface area contributed by atoms with Gasteiger partial charge in [0.05, 0.1) is 0 Å². The lowest BCUT2D eigenvalue weighted by Crippen LogP contribution is -2.10. The average molecular weight is 222 g/mol. The fourth-order valence-corrected chi connectivity index (χ4v) is 2.63. The lowest BCUT2D eigenvalue weighted by atomic mass is 10.5. The first-order chi connectivity index (χ1) is 5.59. The summed E-state index contributed by atoms with van der Waals surface area (Å²) in [6.45, 7) is 1.61. The molecule has 4 nitrogen and oxygen atoms in total. The molecule has 0 amide bonds. The van der Waals surface area contributed by atoms with Crippen molar-refractivity contribution >= 4 is 41.3 Å². The molecular weight excluding hydrogens is 216 g/mol. The molecule has 0 aliphatic carbocycles. The Labute approximate surface area is 82.0 Å². The SMILES string of the molecule is C[C@@H](Sc1n[nH]c(=S)s1)C(=O)O. The molecular formula is C5H6N2O2S3. The van der Waals surface area contributed by atoms with Gasteiger partial charge in [0.25, 0.3) is 0 Å². The van der Waals surface area contributed by atoms with Crippen molar-refractivity contribution in [2.45, 2.75) is 16.5 Å². The van der Waals surface area contributed by atoms with Crippen LogP contribution < -0.4 is 0 Å². The zero-order valence-corrected chi connectivity index (χ0v) is 8.55. The lowest BCUT2D eigenvalue weighted by molar-refractivity contribution is -0.136. The standard InChI is InChI=1S/C5H6N2O2S3/c1-2(3(8)9)11-5-7-6-4(10)12-5/h2H,1H3,(H,6,10)(H,8,9)/t2-/m1/s1. The minimum Gasteiger partial charge on any atom is -0.480 e. The maximum atomic E-state index is 10.4. The average Bonchev–Trinajstić information content (AvgIpc) is 2.35. The summed E-state index contributed by atoms with van der Waals surface area (Å²) in [7, 11) is 0. The Morgan fingerprint density at radius 2 is 2.58 bits per heavy atom. The number of aliphatic carboxylic acids is 1. The van der Waals surface area contributed by atoms with Crippen molar-refractivity contribution in [1.82, 2.24) is 10.2 Å². The molecule has 1 atom stereocenters. The van der Waals surface area contributed by atoms with Crippen LogP contribution in [0.25, 0.3) is 0 Å². The predicted octanol–water partition coefficient (Wildman–Crippen LogP) is 1.77. The molecule has 0 aliphatic rings. The van der Waals surface area contributed by atoms with Crippen molar-refractivity contribution in [2.24, 2.45) is 0 Å². The van der Waals surface area contributed by atoms with E-state index in [1.54, 1.807) is 6.92 Å². The highest BCUT2D eigenvalue weighted by molar-refractivity contribution is 8.02. The number of hydrogen-bond acceptors (Lipinski definition) is 5. The summed E-state index contributed by atoms with van der Waals surface area (Å²) in [5.41, 5.74) is 0. The van der Waals surface area contributed by atoms with Gasteiger partial charge in [-0.25, -0.2) is 0 Å². The highest BCUT2D eigenvalue weighted by atomic mass is 32.2. The number of carboxylic acids is 1. The van der Waals surface area contributed by atoms with Crippen LogP contribution in [-0.4, -0.2) is 26.5 Å². The Bertz CT molecular complexity index is 331. The monoisotopic (exact) mass is 222 g/mol. The van der Waals surface area contributed by atoms with Gasteiger partial charge in [-0.05, 0) is 19.1 Å². The van der Waals surface area contributed by atoms with Gasteiger partial charge in [0, 0.05) is 0 Å². The second kappa shape index (κ2) is 4.01. The van der Waals surface area contributed by atoms with Gasteiger partial charge in [-0.1, -0.05) is 23.1 Å². The maximum absolute atomic E-state index is 10.4. The summed E-state index contributed by atoms with van der Waals surface area (Å²) >= 11 is 7.25. The Balaban J connectivity index is 2.64. The van der Waals surface area contributed by atoms with Gasteiger partial charge in [-0.3, -0.25) is 9.89 Å². The molecule has 1 heterocycles. The van der Waals surface area contributed by atoms with E-state index in [9.17, 15) is 4.79 Å². The quantitative estimate of drug-likeness (QED) is 0.602. The molecule has 12 heavy (non-hydrogen) atoms. The smallest absolute Gasteiger partial charge is 0.316 e. The molecule has 0 radical (unpaired) electrons. The Morgan fingerprint density at radius 1 is 1.92 bits per heavy atom. The summed E-state index contributed by atoms with van der Waals surface area (Å²) in [4.78, 5) is 10.4. The number of thioether (sulfide) groups is 1. The van der Waals surface area contributed by atoms with Gasteiger partial charge >= 0.3 is 5.97 Å². The molecule has 2 N–H and O–H groups in total. The molecule has 66 valence electrons.